The quantitative estimate of drug-likeness (QED) is 0.664. The van der Waals surface area contributed by atoms with E-state index in [-0.39, 0.29) is 0 Å². The molecule has 1 heterocycles. The molecule has 14 heavy (non-hydrogen) atoms. The van der Waals surface area contributed by atoms with Crippen molar-refractivity contribution < 1.29 is 4.74 Å². The van der Waals surface area contributed by atoms with E-state index in [2.05, 4.69) is 23.5 Å². The second kappa shape index (κ2) is 6.56. The number of hydrogen-bond donors (Lipinski definition) is 1. The Kier molecular flexibility index (Phi) is 5.25. The predicted octanol–water partition coefficient (Wildman–Crippen LogP) is 1.03. The highest BCUT2D eigenvalue weighted by molar-refractivity contribution is 5.02. The van der Waals surface area contributed by atoms with E-state index in [0.717, 1.165) is 32.7 Å². The molecule has 80 valence electrons. The van der Waals surface area contributed by atoms with Crippen LogP contribution in [0.25, 0.3) is 0 Å². The molecule has 0 fully saturated rings. The van der Waals surface area contributed by atoms with E-state index in [9.17, 15) is 0 Å². The zero-order valence-electron chi connectivity index (χ0n) is 8.99. The zero-order valence-corrected chi connectivity index (χ0v) is 8.99. The molecule has 1 N–H and O–H groups in total. The van der Waals surface area contributed by atoms with Gasteiger partial charge in [0.1, 0.15) is 0 Å². The Morgan fingerprint density at radius 1 is 1.57 bits per heavy atom. The van der Waals surface area contributed by atoms with Gasteiger partial charge in [0.2, 0.25) is 0 Å². The lowest BCUT2D eigenvalue weighted by Gasteiger charge is -2.01. The minimum atomic E-state index is 0.821. The molecule has 0 atom stereocenters. The first-order chi connectivity index (χ1) is 6.86. The lowest BCUT2D eigenvalue weighted by Crippen LogP contribution is -2.15. The number of methoxy groups -OCH3 is 1. The van der Waals surface area contributed by atoms with Crippen LogP contribution in [-0.2, 0) is 17.8 Å². The van der Waals surface area contributed by atoms with Gasteiger partial charge in [-0.1, -0.05) is 0 Å². The van der Waals surface area contributed by atoms with E-state index >= 15 is 0 Å². The average molecular weight is 197 g/mol. The molecule has 1 rings (SSSR count). The fourth-order valence-corrected chi connectivity index (χ4v) is 1.24. The normalized spacial score (nSPS) is 10.7. The third-order valence-corrected chi connectivity index (χ3v) is 2.04. The van der Waals surface area contributed by atoms with Gasteiger partial charge in [0.05, 0.1) is 6.20 Å². The Balaban J connectivity index is 2.12. The number of hydrogen-bond acceptors (Lipinski definition) is 3. The van der Waals surface area contributed by atoms with E-state index in [1.807, 2.05) is 10.9 Å². The summed E-state index contributed by atoms with van der Waals surface area (Å²) in [6.45, 7) is 5.72. The van der Waals surface area contributed by atoms with Crippen LogP contribution in [0.5, 0.6) is 0 Å². The van der Waals surface area contributed by atoms with Gasteiger partial charge < -0.3 is 10.1 Å². The zero-order chi connectivity index (χ0) is 10.2. The molecular formula is C10H19N3O. The van der Waals surface area contributed by atoms with E-state index in [0.29, 0.717) is 0 Å². The number of aromatic nitrogens is 2. The molecule has 0 aromatic carbocycles. The summed E-state index contributed by atoms with van der Waals surface area (Å²) < 4.78 is 6.90. The van der Waals surface area contributed by atoms with Crippen molar-refractivity contribution in [3.8, 4) is 0 Å². The molecule has 0 amide bonds. The van der Waals surface area contributed by atoms with Crippen molar-refractivity contribution in [2.24, 2.45) is 0 Å². The minimum absolute atomic E-state index is 0.821. The number of nitrogens with zero attached hydrogens (tertiary/aromatic N) is 2. The molecule has 0 saturated carbocycles. The van der Waals surface area contributed by atoms with Gasteiger partial charge in [-0.15, -0.1) is 0 Å². The minimum Gasteiger partial charge on any atom is -0.385 e. The molecule has 1 aromatic rings. The Bertz CT molecular complexity index is 247. The second-order valence-corrected chi connectivity index (χ2v) is 3.23. The first kappa shape index (κ1) is 11.2. The van der Waals surface area contributed by atoms with E-state index in [1.165, 1.54) is 5.56 Å². The molecule has 0 aliphatic carbocycles. The van der Waals surface area contributed by atoms with Crippen LogP contribution in [0.15, 0.2) is 12.4 Å². The van der Waals surface area contributed by atoms with Crippen molar-refractivity contribution in [2.75, 3.05) is 20.3 Å². The lowest BCUT2D eigenvalue weighted by atomic mass is 10.3. The maximum absolute atomic E-state index is 4.96. The van der Waals surface area contributed by atoms with Gasteiger partial charge in [0.15, 0.2) is 0 Å². The summed E-state index contributed by atoms with van der Waals surface area (Å²) in [4.78, 5) is 0. The van der Waals surface area contributed by atoms with Crippen LogP contribution in [0.4, 0.5) is 0 Å². The van der Waals surface area contributed by atoms with Crippen molar-refractivity contribution in [1.82, 2.24) is 15.1 Å². The summed E-state index contributed by atoms with van der Waals surface area (Å²) >= 11 is 0. The van der Waals surface area contributed by atoms with E-state index in [1.54, 1.807) is 7.11 Å². The van der Waals surface area contributed by atoms with Crippen LogP contribution in [0.3, 0.4) is 0 Å². The summed E-state index contributed by atoms with van der Waals surface area (Å²) in [5.74, 6) is 0. The Morgan fingerprint density at radius 3 is 3.07 bits per heavy atom. The van der Waals surface area contributed by atoms with Crippen LogP contribution in [0, 0.1) is 0 Å². The Hall–Kier alpha value is -0.870. The number of aryl methyl sites for hydroxylation is 1. The smallest absolute Gasteiger partial charge is 0.0534 e. The second-order valence-electron chi connectivity index (χ2n) is 3.23. The van der Waals surface area contributed by atoms with Gasteiger partial charge in [-0.2, -0.15) is 5.10 Å². The molecule has 0 aliphatic heterocycles. The van der Waals surface area contributed by atoms with Gasteiger partial charge in [-0.05, 0) is 19.9 Å². The summed E-state index contributed by atoms with van der Waals surface area (Å²) in [6, 6.07) is 0. The molecule has 0 unspecified atom stereocenters. The fraction of sp³-hybridized carbons (Fsp3) is 0.700. The van der Waals surface area contributed by atoms with Crippen molar-refractivity contribution >= 4 is 0 Å². The van der Waals surface area contributed by atoms with Crippen LogP contribution in [0.2, 0.25) is 0 Å². The highest BCUT2D eigenvalue weighted by Gasteiger charge is 1.95. The summed E-state index contributed by atoms with van der Waals surface area (Å²) in [5, 5.41) is 7.54. The molecule has 0 saturated heterocycles. The molecule has 0 aliphatic rings. The van der Waals surface area contributed by atoms with Crippen LogP contribution < -0.4 is 5.32 Å². The third kappa shape index (κ3) is 3.89. The Labute approximate surface area is 85.3 Å². The molecule has 0 bridgehead atoms. The maximum Gasteiger partial charge on any atom is 0.0534 e. The van der Waals surface area contributed by atoms with Gasteiger partial charge in [0.25, 0.3) is 0 Å². The summed E-state index contributed by atoms with van der Waals surface area (Å²) in [5.41, 5.74) is 1.24. The number of ether oxygens (including phenoxy) is 1. The first-order valence-electron chi connectivity index (χ1n) is 5.07. The van der Waals surface area contributed by atoms with Crippen LogP contribution in [-0.4, -0.2) is 30.0 Å². The molecular weight excluding hydrogens is 178 g/mol. The van der Waals surface area contributed by atoms with Crippen molar-refractivity contribution in [3.63, 3.8) is 0 Å². The topological polar surface area (TPSA) is 39.1 Å². The van der Waals surface area contributed by atoms with Crippen LogP contribution in [0.1, 0.15) is 18.9 Å². The largest absolute Gasteiger partial charge is 0.385 e. The maximum atomic E-state index is 4.96. The molecule has 1 aromatic heterocycles. The molecule has 4 heteroatoms. The molecule has 4 nitrogen and oxygen atoms in total. The van der Waals surface area contributed by atoms with Crippen molar-refractivity contribution in [2.45, 2.75) is 26.4 Å². The monoisotopic (exact) mass is 197 g/mol. The van der Waals surface area contributed by atoms with Gasteiger partial charge in [-0.3, -0.25) is 4.68 Å². The number of nitrogens with one attached hydrogen (secondary N) is 1. The Morgan fingerprint density at radius 2 is 2.43 bits per heavy atom. The average Bonchev–Trinajstić information content (AvgIpc) is 2.65. The third-order valence-electron chi connectivity index (χ3n) is 2.04. The molecule has 0 spiro atoms. The highest BCUT2D eigenvalue weighted by atomic mass is 16.5. The lowest BCUT2D eigenvalue weighted by molar-refractivity contribution is 0.194. The van der Waals surface area contributed by atoms with Crippen LogP contribution >= 0.6 is 0 Å². The van der Waals surface area contributed by atoms with E-state index < -0.39 is 0 Å². The van der Waals surface area contributed by atoms with Gasteiger partial charge >= 0.3 is 0 Å². The van der Waals surface area contributed by atoms with Crippen molar-refractivity contribution in [1.29, 1.82) is 0 Å². The fourth-order valence-electron chi connectivity index (χ4n) is 1.24. The highest BCUT2D eigenvalue weighted by Crippen LogP contribution is 1.96. The van der Waals surface area contributed by atoms with Gasteiger partial charge in [-0.25, -0.2) is 0 Å². The standard InChI is InChI=1S/C10H19N3O/c1-3-13-9-10(8-12-13)7-11-5-4-6-14-2/h8-9,11H,3-7H2,1-2H3. The first-order valence-corrected chi connectivity index (χ1v) is 5.07. The summed E-state index contributed by atoms with van der Waals surface area (Å²) in [7, 11) is 1.73. The summed E-state index contributed by atoms with van der Waals surface area (Å²) in [6.07, 6.45) is 5.04. The molecule has 0 radical (unpaired) electrons. The SMILES string of the molecule is CCn1cc(CNCCCOC)cn1. The van der Waals surface area contributed by atoms with E-state index in [4.69, 9.17) is 4.74 Å². The predicted molar refractivity (Wildman–Crippen MR) is 56.1 cm³/mol. The number of rotatable bonds is 7. The van der Waals surface area contributed by atoms with Crippen molar-refractivity contribution in [3.05, 3.63) is 18.0 Å². The van der Waals surface area contributed by atoms with Gasteiger partial charge in [0, 0.05) is 38.6 Å².